The van der Waals surface area contributed by atoms with Crippen LogP contribution in [0.25, 0.3) is 0 Å². The average Bonchev–Trinajstić information content (AvgIpc) is 3.49. The van der Waals surface area contributed by atoms with E-state index in [2.05, 4.69) is 5.43 Å². The topological polar surface area (TPSA) is 107 Å². The molecule has 6 unspecified atom stereocenters. The monoisotopic (exact) mass is 727 g/mol. The summed E-state index contributed by atoms with van der Waals surface area (Å²) < 4.78 is 29.1. The summed E-state index contributed by atoms with van der Waals surface area (Å²) in [6.07, 6.45) is 1.92. The molecule has 4 aromatic rings. The molecule has 0 aromatic heterocycles. The van der Waals surface area contributed by atoms with E-state index < -0.39 is 76.0 Å². The number of amides is 4. The number of phenols is 1. The molecule has 258 valence electrons. The predicted molar refractivity (Wildman–Crippen MR) is 186 cm³/mol. The fourth-order valence-corrected chi connectivity index (χ4v) is 9.04. The van der Waals surface area contributed by atoms with Crippen LogP contribution in [0.1, 0.15) is 35.4 Å². The molecule has 0 bridgehead atoms. The first-order valence-electron chi connectivity index (χ1n) is 16.4. The van der Waals surface area contributed by atoms with E-state index in [-0.39, 0.29) is 24.1 Å². The number of carbonyl (C=O) groups excluding carboxylic acids is 4. The van der Waals surface area contributed by atoms with Crippen LogP contribution in [0.5, 0.6) is 5.75 Å². The molecular weight excluding hydrogens is 699 g/mol. The molecule has 4 aliphatic rings. The van der Waals surface area contributed by atoms with Crippen LogP contribution in [0.2, 0.25) is 10.0 Å². The first-order chi connectivity index (χ1) is 24.4. The van der Waals surface area contributed by atoms with Gasteiger partial charge in [0.25, 0.3) is 11.8 Å². The van der Waals surface area contributed by atoms with Crippen molar-refractivity contribution < 1.29 is 33.1 Å². The number of anilines is 2. The summed E-state index contributed by atoms with van der Waals surface area (Å²) in [4.78, 5) is 59.3. The van der Waals surface area contributed by atoms with Gasteiger partial charge < -0.3 is 5.11 Å². The molecular formula is C39H29Cl2F2N3O5. The lowest BCUT2D eigenvalue weighted by Crippen LogP contribution is -2.53. The number of aryl methyl sites for hydroxylation is 1. The van der Waals surface area contributed by atoms with Crippen molar-refractivity contribution >= 4 is 58.2 Å². The third-order valence-corrected chi connectivity index (χ3v) is 11.7. The van der Waals surface area contributed by atoms with Crippen LogP contribution in [0.4, 0.5) is 20.2 Å². The second-order valence-corrected chi connectivity index (χ2v) is 14.3. The number of para-hydroxylation sites is 1. The van der Waals surface area contributed by atoms with E-state index in [1.807, 2.05) is 0 Å². The summed E-state index contributed by atoms with van der Waals surface area (Å²) in [5.74, 6) is -9.09. The predicted octanol–water partition coefficient (Wildman–Crippen LogP) is 7.48. The van der Waals surface area contributed by atoms with Gasteiger partial charge >= 0.3 is 0 Å². The van der Waals surface area contributed by atoms with Crippen molar-refractivity contribution in [3.05, 3.63) is 135 Å². The highest BCUT2D eigenvalue weighted by Crippen LogP contribution is 2.65. The first-order valence-corrected chi connectivity index (χ1v) is 17.2. The van der Waals surface area contributed by atoms with Gasteiger partial charge in [0.1, 0.15) is 5.82 Å². The highest BCUT2D eigenvalue weighted by atomic mass is 35.5. The molecule has 4 aromatic carbocycles. The number of allylic oxidation sites excluding steroid dienone is 2. The average molecular weight is 729 g/mol. The number of fused-ring (bicyclic) bond motifs is 4. The van der Waals surface area contributed by atoms with Gasteiger partial charge in [-0.05, 0) is 91.4 Å². The third-order valence-electron chi connectivity index (χ3n) is 11.0. The standard InChI is InChI=1S/C39H29Cl2F2N3O5/c1-19-5-14-24(17-30(19)41)45-35(48)26-16-15-25-28(32(26)37(45)50)18-29-36(49)46(44-23-12-10-22(42)11-13-23)38(51)39(29,20-6-8-21(40)9-7-20)33(25)27-3-2-4-31(43)34(27)47/h2-15,17,26,28-29,32-33,44,47H,16,18H2,1H3. The zero-order chi connectivity index (χ0) is 35.9. The van der Waals surface area contributed by atoms with Gasteiger partial charge in [-0.3, -0.25) is 24.6 Å². The smallest absolute Gasteiger partial charge is 0.260 e. The molecule has 2 saturated heterocycles. The van der Waals surface area contributed by atoms with Crippen molar-refractivity contribution in [3.63, 3.8) is 0 Å². The van der Waals surface area contributed by atoms with E-state index >= 15 is 9.18 Å². The number of hydrazine groups is 1. The highest BCUT2D eigenvalue weighted by molar-refractivity contribution is 6.32. The lowest BCUT2D eigenvalue weighted by atomic mass is 9.49. The maximum absolute atomic E-state index is 15.3. The molecule has 2 aliphatic carbocycles. The maximum Gasteiger partial charge on any atom is 0.260 e. The number of nitrogens with zero attached hydrogens (tertiary/aromatic N) is 2. The molecule has 8 rings (SSSR count). The highest BCUT2D eigenvalue weighted by Gasteiger charge is 2.70. The van der Waals surface area contributed by atoms with Crippen LogP contribution in [-0.2, 0) is 24.6 Å². The van der Waals surface area contributed by atoms with E-state index in [1.165, 1.54) is 36.4 Å². The van der Waals surface area contributed by atoms with Crippen molar-refractivity contribution in [2.75, 3.05) is 10.3 Å². The molecule has 0 spiro atoms. The number of rotatable bonds is 5. The number of hydrogen-bond donors (Lipinski definition) is 2. The van der Waals surface area contributed by atoms with E-state index in [1.54, 1.807) is 55.5 Å². The van der Waals surface area contributed by atoms with Crippen LogP contribution in [0.3, 0.4) is 0 Å². The lowest BCUT2D eigenvalue weighted by molar-refractivity contribution is -0.138. The summed E-state index contributed by atoms with van der Waals surface area (Å²) in [7, 11) is 0. The second-order valence-electron chi connectivity index (χ2n) is 13.5. The molecule has 3 fully saturated rings. The Morgan fingerprint density at radius 2 is 1.59 bits per heavy atom. The van der Waals surface area contributed by atoms with Crippen molar-refractivity contribution in [2.45, 2.75) is 31.1 Å². The zero-order valence-corrected chi connectivity index (χ0v) is 28.5. The number of aromatic hydroxyl groups is 1. The molecule has 2 aliphatic heterocycles. The lowest BCUT2D eigenvalue weighted by Gasteiger charge is -2.50. The Labute approximate surface area is 301 Å². The Morgan fingerprint density at radius 1 is 0.863 bits per heavy atom. The number of halogens is 4. The Hall–Kier alpha value is -5.06. The van der Waals surface area contributed by atoms with Gasteiger partial charge in [0.05, 0.1) is 34.5 Å². The van der Waals surface area contributed by atoms with Gasteiger partial charge in [-0.1, -0.05) is 65.2 Å². The van der Waals surface area contributed by atoms with Crippen LogP contribution in [0.15, 0.2) is 96.6 Å². The summed E-state index contributed by atoms with van der Waals surface area (Å²) in [6.45, 7) is 1.81. The van der Waals surface area contributed by atoms with E-state index in [4.69, 9.17) is 23.2 Å². The van der Waals surface area contributed by atoms with Crippen LogP contribution < -0.4 is 10.3 Å². The summed E-state index contributed by atoms with van der Waals surface area (Å²) >= 11 is 12.7. The van der Waals surface area contributed by atoms with Gasteiger partial charge in [-0.15, -0.1) is 0 Å². The minimum absolute atomic E-state index is 0.0180. The minimum Gasteiger partial charge on any atom is -0.505 e. The molecule has 4 amide bonds. The van der Waals surface area contributed by atoms with Gasteiger partial charge in [0.2, 0.25) is 11.8 Å². The van der Waals surface area contributed by atoms with E-state index in [9.17, 15) is 23.9 Å². The zero-order valence-electron chi connectivity index (χ0n) is 26.9. The molecule has 12 heteroatoms. The molecule has 2 N–H and O–H groups in total. The molecule has 8 nitrogen and oxygen atoms in total. The van der Waals surface area contributed by atoms with Gasteiger partial charge in [0.15, 0.2) is 11.6 Å². The number of hydrogen-bond acceptors (Lipinski definition) is 6. The van der Waals surface area contributed by atoms with Crippen molar-refractivity contribution in [2.24, 2.45) is 23.7 Å². The Balaban J connectivity index is 1.33. The molecule has 0 radical (unpaired) electrons. The summed E-state index contributed by atoms with van der Waals surface area (Å²) in [6, 6.07) is 20.5. The van der Waals surface area contributed by atoms with Gasteiger partial charge in [-0.2, -0.15) is 5.01 Å². The van der Waals surface area contributed by atoms with Crippen LogP contribution in [0, 0.1) is 42.2 Å². The number of benzene rings is 4. The number of imide groups is 2. The first kappa shape index (κ1) is 33.1. The normalized spacial score (nSPS) is 26.9. The number of nitrogens with one attached hydrogen (secondary N) is 1. The van der Waals surface area contributed by atoms with Crippen molar-refractivity contribution in [1.29, 1.82) is 0 Å². The summed E-state index contributed by atoms with van der Waals surface area (Å²) in [5.41, 5.74) is 3.42. The summed E-state index contributed by atoms with van der Waals surface area (Å²) in [5, 5.41) is 13.0. The molecule has 51 heavy (non-hydrogen) atoms. The number of carbonyl (C=O) groups is 4. The van der Waals surface area contributed by atoms with E-state index in [0.29, 0.717) is 26.9 Å². The Bertz CT molecular complexity index is 2190. The molecule has 6 atom stereocenters. The fourth-order valence-electron chi connectivity index (χ4n) is 8.74. The Morgan fingerprint density at radius 3 is 2.29 bits per heavy atom. The second kappa shape index (κ2) is 12.0. The minimum atomic E-state index is -1.76. The van der Waals surface area contributed by atoms with Gasteiger partial charge in [0, 0.05) is 21.5 Å². The third kappa shape index (κ3) is 4.83. The van der Waals surface area contributed by atoms with Crippen LogP contribution in [-0.4, -0.2) is 33.7 Å². The fraction of sp³-hybridized carbons (Fsp3) is 0.231. The maximum atomic E-state index is 15.3. The van der Waals surface area contributed by atoms with Crippen molar-refractivity contribution in [3.8, 4) is 5.75 Å². The molecule has 2 heterocycles. The van der Waals surface area contributed by atoms with Crippen LogP contribution >= 0.6 is 23.2 Å². The van der Waals surface area contributed by atoms with E-state index in [0.717, 1.165) is 21.5 Å². The van der Waals surface area contributed by atoms with Gasteiger partial charge in [-0.25, -0.2) is 13.7 Å². The number of phenolic OH excluding ortho intramolecular Hbond substituents is 1. The quantitative estimate of drug-likeness (QED) is 0.163. The molecule has 1 saturated carbocycles. The largest absolute Gasteiger partial charge is 0.505 e. The SMILES string of the molecule is Cc1ccc(N2C(=O)C3CC=C4C(CC5C(=O)N(Nc6ccc(F)cc6)C(=O)C5(c5ccc(Cl)cc5)C4c4cccc(F)c4O)C3C2=O)cc1Cl. The van der Waals surface area contributed by atoms with Crippen molar-refractivity contribution in [1.82, 2.24) is 5.01 Å². The Kier molecular flexibility index (Phi) is 7.81.